The van der Waals surface area contributed by atoms with E-state index < -0.39 is 0 Å². The first kappa shape index (κ1) is 16.1. The maximum atomic E-state index is 12.1. The summed E-state index contributed by atoms with van der Waals surface area (Å²) < 4.78 is 0.701. The van der Waals surface area contributed by atoms with Gasteiger partial charge in [0.15, 0.2) is 0 Å². The number of anilines is 1. The van der Waals surface area contributed by atoms with E-state index in [0.29, 0.717) is 4.32 Å². The molecule has 2 heterocycles. The molecule has 118 valence electrons. The second kappa shape index (κ2) is 6.74. The fourth-order valence-corrected chi connectivity index (χ4v) is 4.60. The number of quaternary nitrogens is 1. The lowest BCUT2D eigenvalue weighted by atomic mass is 10.2. The summed E-state index contributed by atoms with van der Waals surface area (Å²) in [5.74, 6) is 0.153. The normalized spacial score (nSPS) is 23.5. The Hall–Kier alpha value is -0.820. The number of thioether (sulfide) groups is 1. The summed E-state index contributed by atoms with van der Waals surface area (Å²) in [6, 6.07) is 7.99. The van der Waals surface area contributed by atoms with Crippen LogP contribution in [0.15, 0.2) is 24.3 Å². The van der Waals surface area contributed by atoms with Crippen LogP contribution < -0.4 is 9.80 Å². The van der Waals surface area contributed by atoms with Crippen molar-refractivity contribution in [2.75, 3.05) is 44.7 Å². The molecule has 2 saturated heterocycles. The Balaban J connectivity index is 1.54. The molecule has 0 aromatic heterocycles. The van der Waals surface area contributed by atoms with Crippen LogP contribution in [0.1, 0.15) is 0 Å². The Bertz CT molecular complexity index is 590. The Morgan fingerprint density at radius 1 is 1.41 bits per heavy atom. The van der Waals surface area contributed by atoms with Gasteiger partial charge in [0, 0.05) is 17.8 Å². The maximum absolute atomic E-state index is 12.1. The number of halogens is 1. The zero-order valence-electron chi connectivity index (χ0n) is 12.4. The highest BCUT2D eigenvalue weighted by Gasteiger charge is 2.37. The SMILES string of the molecule is CN1C(=O)[C@H](C[NH+]2CCN(c3cccc(Cl)c3)CC2)SC1=S. The minimum atomic E-state index is -0.00906. The van der Waals surface area contributed by atoms with Crippen LogP contribution in [-0.2, 0) is 4.79 Å². The monoisotopic (exact) mass is 356 g/mol. The van der Waals surface area contributed by atoms with E-state index in [1.54, 1.807) is 11.9 Å². The molecular weight excluding hydrogens is 338 g/mol. The van der Waals surface area contributed by atoms with Crippen molar-refractivity contribution in [3.05, 3.63) is 29.3 Å². The fourth-order valence-electron chi connectivity index (χ4n) is 2.91. The Kier molecular flexibility index (Phi) is 4.92. The van der Waals surface area contributed by atoms with Crippen LogP contribution in [-0.4, -0.2) is 60.1 Å². The van der Waals surface area contributed by atoms with E-state index >= 15 is 0 Å². The predicted octanol–water partition coefficient (Wildman–Crippen LogP) is 0.904. The third-order valence-electron chi connectivity index (χ3n) is 4.24. The molecule has 2 aliphatic heterocycles. The average molecular weight is 357 g/mol. The van der Waals surface area contributed by atoms with E-state index in [-0.39, 0.29) is 11.2 Å². The molecule has 0 unspecified atom stereocenters. The lowest BCUT2D eigenvalue weighted by Crippen LogP contribution is -3.15. The molecule has 7 heteroatoms. The minimum absolute atomic E-state index is 0.00906. The Morgan fingerprint density at radius 3 is 2.73 bits per heavy atom. The smallest absolute Gasteiger partial charge is 0.247 e. The zero-order valence-corrected chi connectivity index (χ0v) is 14.8. The molecule has 0 saturated carbocycles. The van der Waals surface area contributed by atoms with Gasteiger partial charge in [-0.05, 0) is 18.2 Å². The quantitative estimate of drug-likeness (QED) is 0.815. The van der Waals surface area contributed by atoms with Gasteiger partial charge in [0.2, 0.25) is 5.91 Å². The van der Waals surface area contributed by atoms with Crippen LogP contribution in [0.3, 0.4) is 0 Å². The van der Waals surface area contributed by atoms with Gasteiger partial charge in [0.05, 0.1) is 32.7 Å². The first-order valence-corrected chi connectivity index (χ1v) is 9.03. The average Bonchev–Trinajstić information content (AvgIpc) is 2.75. The third kappa shape index (κ3) is 3.40. The van der Waals surface area contributed by atoms with Crippen LogP contribution in [0, 0.1) is 0 Å². The molecule has 2 aliphatic rings. The van der Waals surface area contributed by atoms with Crippen molar-refractivity contribution < 1.29 is 9.69 Å². The highest BCUT2D eigenvalue weighted by atomic mass is 35.5. The van der Waals surface area contributed by atoms with Crippen LogP contribution in [0.4, 0.5) is 5.69 Å². The van der Waals surface area contributed by atoms with Crippen molar-refractivity contribution in [1.82, 2.24) is 4.90 Å². The van der Waals surface area contributed by atoms with E-state index in [1.807, 2.05) is 18.2 Å². The van der Waals surface area contributed by atoms with Crippen molar-refractivity contribution in [3.63, 3.8) is 0 Å². The van der Waals surface area contributed by atoms with Gasteiger partial charge in [-0.3, -0.25) is 9.69 Å². The van der Waals surface area contributed by atoms with Crippen molar-refractivity contribution in [1.29, 1.82) is 0 Å². The Labute approximate surface area is 145 Å². The summed E-state index contributed by atoms with van der Waals surface area (Å²) >= 11 is 12.8. The van der Waals surface area contributed by atoms with Crippen molar-refractivity contribution in [3.8, 4) is 0 Å². The van der Waals surface area contributed by atoms with Gasteiger partial charge in [-0.25, -0.2) is 0 Å². The number of hydrogen-bond donors (Lipinski definition) is 1. The molecule has 0 spiro atoms. The molecule has 1 aromatic carbocycles. The molecule has 0 bridgehead atoms. The highest BCUT2D eigenvalue weighted by molar-refractivity contribution is 8.24. The zero-order chi connectivity index (χ0) is 15.7. The lowest BCUT2D eigenvalue weighted by Gasteiger charge is -2.34. The predicted molar refractivity (Wildman–Crippen MR) is 96.0 cm³/mol. The molecule has 2 fully saturated rings. The number of carbonyl (C=O) groups is 1. The number of nitrogens with zero attached hydrogens (tertiary/aromatic N) is 2. The van der Waals surface area contributed by atoms with Gasteiger partial charge in [-0.15, -0.1) is 0 Å². The first-order chi connectivity index (χ1) is 10.5. The van der Waals surface area contributed by atoms with Gasteiger partial charge in [-0.1, -0.05) is 41.6 Å². The van der Waals surface area contributed by atoms with Crippen LogP contribution >= 0.6 is 35.6 Å². The van der Waals surface area contributed by atoms with Gasteiger partial charge >= 0.3 is 0 Å². The standard InChI is InChI=1S/C15H18ClN3OS2/c1-17-14(20)13(22-15(17)21)10-18-5-7-19(8-6-18)12-4-2-3-11(16)9-12/h2-4,9,13H,5-8,10H2,1H3/p+1/t13-/m0/s1. The van der Waals surface area contributed by atoms with Gasteiger partial charge in [0.25, 0.3) is 0 Å². The van der Waals surface area contributed by atoms with E-state index in [9.17, 15) is 4.79 Å². The second-order valence-corrected chi connectivity index (χ2v) is 7.96. The number of carbonyl (C=O) groups excluding carboxylic acids is 1. The largest absolute Gasteiger partial charge is 0.360 e. The number of amides is 1. The van der Waals surface area contributed by atoms with Crippen LogP contribution in [0.5, 0.6) is 0 Å². The molecule has 4 nitrogen and oxygen atoms in total. The molecule has 22 heavy (non-hydrogen) atoms. The highest BCUT2D eigenvalue weighted by Crippen LogP contribution is 2.25. The summed E-state index contributed by atoms with van der Waals surface area (Å²) in [7, 11) is 1.77. The van der Waals surface area contributed by atoms with Crippen molar-refractivity contribution >= 4 is 51.5 Å². The first-order valence-electron chi connectivity index (χ1n) is 7.37. The van der Waals surface area contributed by atoms with E-state index in [4.69, 9.17) is 23.8 Å². The molecule has 3 rings (SSSR count). The van der Waals surface area contributed by atoms with Gasteiger partial charge in [-0.2, -0.15) is 0 Å². The maximum Gasteiger partial charge on any atom is 0.247 e. The van der Waals surface area contributed by atoms with E-state index in [0.717, 1.165) is 37.7 Å². The minimum Gasteiger partial charge on any atom is -0.360 e. The van der Waals surface area contributed by atoms with Crippen LogP contribution in [0.25, 0.3) is 0 Å². The second-order valence-electron chi connectivity index (χ2n) is 5.69. The molecule has 1 atom stereocenters. The van der Waals surface area contributed by atoms with E-state index in [2.05, 4.69) is 11.0 Å². The molecular formula is C15H19ClN3OS2+. The van der Waals surface area contributed by atoms with E-state index in [1.165, 1.54) is 22.3 Å². The molecule has 0 aliphatic carbocycles. The number of piperazine rings is 1. The van der Waals surface area contributed by atoms with Gasteiger partial charge < -0.3 is 9.80 Å². The molecule has 1 aromatic rings. The number of nitrogens with one attached hydrogen (secondary N) is 1. The third-order valence-corrected chi connectivity index (χ3v) is 6.17. The number of hydrogen-bond acceptors (Lipinski definition) is 4. The van der Waals surface area contributed by atoms with Crippen LogP contribution in [0.2, 0.25) is 5.02 Å². The summed E-state index contributed by atoms with van der Waals surface area (Å²) in [4.78, 5) is 17.5. The number of benzene rings is 1. The van der Waals surface area contributed by atoms with Crippen molar-refractivity contribution in [2.45, 2.75) is 5.25 Å². The summed E-state index contributed by atoms with van der Waals surface area (Å²) in [6.07, 6.45) is 0. The number of thiocarbonyl (C=S) groups is 1. The lowest BCUT2D eigenvalue weighted by molar-refractivity contribution is -0.899. The molecule has 1 amide bonds. The summed E-state index contributed by atoms with van der Waals surface area (Å²) in [6.45, 7) is 4.90. The topological polar surface area (TPSA) is 28.0 Å². The molecule has 0 radical (unpaired) electrons. The Morgan fingerprint density at radius 2 is 2.14 bits per heavy atom. The number of rotatable bonds is 3. The van der Waals surface area contributed by atoms with Crippen molar-refractivity contribution in [2.24, 2.45) is 0 Å². The molecule has 1 N–H and O–H groups in total. The fraction of sp³-hybridized carbons (Fsp3) is 0.467. The summed E-state index contributed by atoms with van der Waals surface area (Å²) in [5.41, 5.74) is 1.18. The van der Waals surface area contributed by atoms with Gasteiger partial charge in [0.1, 0.15) is 9.57 Å². The summed E-state index contributed by atoms with van der Waals surface area (Å²) in [5, 5.41) is 0.766.